The normalized spacial score (nSPS) is 24.2. The van der Waals surface area contributed by atoms with E-state index in [-0.39, 0.29) is 34.6 Å². The molecule has 0 radical (unpaired) electrons. The molecule has 2 atom stereocenters. The Balaban J connectivity index is 2.10. The smallest absolute Gasteiger partial charge is 0.250 e. The first-order valence-electron chi connectivity index (χ1n) is 9.54. The predicted octanol–water partition coefficient (Wildman–Crippen LogP) is 3.50. The van der Waals surface area contributed by atoms with E-state index in [1.807, 2.05) is 30.9 Å². The highest BCUT2D eigenvalue weighted by Gasteiger charge is 2.50. The fourth-order valence-corrected chi connectivity index (χ4v) is 7.74. The molecule has 1 amide bonds. The molecule has 0 spiro atoms. The Bertz CT molecular complexity index is 933. The Hall–Kier alpha value is -1.26. The maximum absolute atomic E-state index is 12.3. The number of halogens is 1. The lowest BCUT2D eigenvalue weighted by molar-refractivity contribution is -0.120. The summed E-state index contributed by atoms with van der Waals surface area (Å²) < 4.78 is 36.6. The van der Waals surface area contributed by atoms with Crippen LogP contribution in [0, 0.1) is 5.92 Å². The summed E-state index contributed by atoms with van der Waals surface area (Å²) in [7, 11) is -3.14. The van der Waals surface area contributed by atoms with Gasteiger partial charge < -0.3 is 14.4 Å². The van der Waals surface area contributed by atoms with E-state index in [0.717, 1.165) is 4.47 Å². The number of amidine groups is 1. The van der Waals surface area contributed by atoms with Crippen LogP contribution in [0.3, 0.4) is 0 Å². The standard InChI is InChI=1S/C19H25BrN2O5S2/c1-5-26-15-7-12(20)13(8-16(15)27-6-2)22-14-9-29(24,25)10-17(14)28-19(22)21-18(23)11(3)4/h7-8,11,14,17H,5-6,9-10H2,1-4H3/t14-,17-/m1/s1. The fourth-order valence-electron chi connectivity index (χ4n) is 3.32. The van der Waals surface area contributed by atoms with Gasteiger partial charge in [0.2, 0.25) is 0 Å². The summed E-state index contributed by atoms with van der Waals surface area (Å²) in [6.45, 7) is 8.32. The highest BCUT2D eigenvalue weighted by atomic mass is 79.9. The number of carbonyl (C=O) groups excluding carboxylic acids is 1. The molecule has 0 aromatic heterocycles. The quantitative estimate of drug-likeness (QED) is 0.585. The number of carbonyl (C=O) groups is 1. The first kappa shape index (κ1) is 22.4. The lowest BCUT2D eigenvalue weighted by Gasteiger charge is -2.27. The van der Waals surface area contributed by atoms with Crippen LogP contribution in [0.1, 0.15) is 27.7 Å². The predicted molar refractivity (Wildman–Crippen MR) is 120 cm³/mol. The molecule has 0 N–H and O–H groups in total. The number of rotatable bonds is 6. The molecule has 3 rings (SSSR count). The van der Waals surface area contributed by atoms with Crippen molar-refractivity contribution in [1.29, 1.82) is 0 Å². The third kappa shape index (κ3) is 4.74. The number of hydrogen-bond acceptors (Lipinski definition) is 6. The van der Waals surface area contributed by atoms with Crippen LogP contribution in [-0.2, 0) is 14.6 Å². The summed E-state index contributed by atoms with van der Waals surface area (Å²) in [6, 6.07) is 3.35. The maximum Gasteiger partial charge on any atom is 0.250 e. The molecule has 1 aromatic rings. The van der Waals surface area contributed by atoms with E-state index in [1.54, 1.807) is 13.8 Å². The van der Waals surface area contributed by atoms with Crippen LogP contribution in [0.15, 0.2) is 21.6 Å². The zero-order chi connectivity index (χ0) is 21.3. The molecular formula is C19H25BrN2O5S2. The molecular weight excluding hydrogens is 480 g/mol. The van der Waals surface area contributed by atoms with E-state index in [1.165, 1.54) is 11.8 Å². The van der Waals surface area contributed by atoms with Gasteiger partial charge in [0.05, 0.1) is 36.4 Å². The Morgan fingerprint density at radius 1 is 1.24 bits per heavy atom. The van der Waals surface area contributed by atoms with Gasteiger partial charge in [0.25, 0.3) is 5.91 Å². The maximum atomic E-state index is 12.3. The summed E-state index contributed by atoms with van der Waals surface area (Å²) >= 11 is 4.94. The monoisotopic (exact) mass is 504 g/mol. The minimum absolute atomic E-state index is 0.0309. The van der Waals surface area contributed by atoms with E-state index in [2.05, 4.69) is 20.9 Å². The zero-order valence-electron chi connectivity index (χ0n) is 16.8. The molecule has 2 aliphatic rings. The Kier molecular flexibility index (Phi) is 6.84. The van der Waals surface area contributed by atoms with Crippen molar-refractivity contribution in [2.45, 2.75) is 39.0 Å². The van der Waals surface area contributed by atoms with Crippen LogP contribution in [0.2, 0.25) is 0 Å². The summed E-state index contributed by atoms with van der Waals surface area (Å²) in [5.41, 5.74) is 0.712. The van der Waals surface area contributed by atoms with Crippen LogP contribution < -0.4 is 14.4 Å². The first-order valence-corrected chi connectivity index (χ1v) is 13.0. The molecule has 0 saturated carbocycles. The third-order valence-corrected chi connectivity index (χ3v) is 8.48. The lowest BCUT2D eigenvalue weighted by atomic mass is 10.2. The highest BCUT2D eigenvalue weighted by Crippen LogP contribution is 2.46. The van der Waals surface area contributed by atoms with Crippen LogP contribution in [-0.4, -0.2) is 55.5 Å². The van der Waals surface area contributed by atoms with Crippen molar-refractivity contribution in [1.82, 2.24) is 0 Å². The molecule has 0 aliphatic carbocycles. The van der Waals surface area contributed by atoms with Crippen LogP contribution in [0.5, 0.6) is 11.5 Å². The van der Waals surface area contributed by atoms with Crippen LogP contribution >= 0.6 is 27.7 Å². The highest BCUT2D eigenvalue weighted by molar-refractivity contribution is 9.10. The largest absolute Gasteiger partial charge is 0.490 e. The van der Waals surface area contributed by atoms with Crippen LogP contribution in [0.25, 0.3) is 0 Å². The third-order valence-electron chi connectivity index (χ3n) is 4.64. The number of thioether (sulfide) groups is 1. The van der Waals surface area contributed by atoms with Crippen molar-refractivity contribution in [2.75, 3.05) is 29.6 Å². The van der Waals surface area contributed by atoms with Crippen molar-refractivity contribution in [3.8, 4) is 11.5 Å². The Morgan fingerprint density at radius 3 is 2.45 bits per heavy atom. The van der Waals surface area contributed by atoms with Crippen molar-refractivity contribution in [3.05, 3.63) is 16.6 Å². The van der Waals surface area contributed by atoms with Crippen molar-refractivity contribution in [2.24, 2.45) is 10.9 Å². The van der Waals surface area contributed by atoms with Gasteiger partial charge in [-0.25, -0.2) is 8.42 Å². The van der Waals surface area contributed by atoms with Crippen molar-refractivity contribution < 1.29 is 22.7 Å². The minimum atomic E-state index is -3.14. The first-order chi connectivity index (χ1) is 13.7. The van der Waals surface area contributed by atoms with E-state index in [9.17, 15) is 13.2 Å². The number of nitrogens with zero attached hydrogens (tertiary/aromatic N) is 2. The average molecular weight is 505 g/mol. The molecule has 2 fully saturated rings. The Labute approximate surface area is 184 Å². The van der Waals surface area contributed by atoms with Gasteiger partial charge in [-0.05, 0) is 29.8 Å². The van der Waals surface area contributed by atoms with E-state index < -0.39 is 9.84 Å². The fraction of sp³-hybridized carbons (Fsp3) is 0.579. The summed E-state index contributed by atoms with van der Waals surface area (Å²) in [5.74, 6) is 0.814. The number of anilines is 1. The summed E-state index contributed by atoms with van der Waals surface area (Å²) in [4.78, 5) is 18.5. The van der Waals surface area contributed by atoms with Gasteiger partial charge in [0.15, 0.2) is 26.5 Å². The van der Waals surface area contributed by atoms with Crippen molar-refractivity contribution >= 4 is 54.3 Å². The lowest BCUT2D eigenvalue weighted by Crippen LogP contribution is -2.38. The molecule has 0 bridgehead atoms. The number of hydrogen-bond donors (Lipinski definition) is 0. The van der Waals surface area contributed by atoms with E-state index >= 15 is 0 Å². The summed E-state index contributed by atoms with van der Waals surface area (Å²) in [6.07, 6.45) is 0. The van der Waals surface area contributed by atoms with Gasteiger partial charge in [-0.15, -0.1) is 0 Å². The summed E-state index contributed by atoms with van der Waals surface area (Å²) in [5, 5.41) is 0.369. The molecule has 7 nitrogen and oxygen atoms in total. The number of ether oxygens (including phenoxy) is 2. The minimum Gasteiger partial charge on any atom is -0.490 e. The van der Waals surface area contributed by atoms with E-state index in [4.69, 9.17) is 9.47 Å². The average Bonchev–Trinajstić information content (AvgIpc) is 3.08. The van der Waals surface area contributed by atoms with E-state index in [0.29, 0.717) is 35.6 Å². The molecule has 1 aromatic carbocycles. The van der Waals surface area contributed by atoms with Gasteiger partial charge in [-0.2, -0.15) is 4.99 Å². The number of aliphatic imine (C=N–C) groups is 1. The second kappa shape index (κ2) is 8.85. The zero-order valence-corrected chi connectivity index (χ0v) is 20.1. The van der Waals surface area contributed by atoms with Gasteiger partial charge in [-0.3, -0.25) is 4.79 Å². The molecule has 10 heteroatoms. The van der Waals surface area contributed by atoms with Crippen molar-refractivity contribution in [3.63, 3.8) is 0 Å². The molecule has 2 heterocycles. The molecule has 2 saturated heterocycles. The van der Waals surface area contributed by atoms with Gasteiger partial charge in [-0.1, -0.05) is 25.6 Å². The number of fused-ring (bicyclic) bond motifs is 1. The molecule has 0 unspecified atom stereocenters. The second-order valence-electron chi connectivity index (χ2n) is 7.17. The topological polar surface area (TPSA) is 85.3 Å². The van der Waals surface area contributed by atoms with Crippen LogP contribution in [0.4, 0.5) is 5.69 Å². The molecule has 2 aliphatic heterocycles. The van der Waals surface area contributed by atoms with Gasteiger partial charge in [0, 0.05) is 27.8 Å². The number of amides is 1. The van der Waals surface area contributed by atoms with Gasteiger partial charge in [0.1, 0.15) is 0 Å². The number of benzene rings is 1. The Morgan fingerprint density at radius 2 is 1.86 bits per heavy atom. The molecule has 160 valence electrons. The second-order valence-corrected chi connectivity index (χ2v) is 11.4. The SMILES string of the molecule is CCOc1cc(Br)c(N2C(=NC(=O)C(C)C)S[C@@H]3CS(=O)(=O)C[C@H]32)cc1OCC. The number of sulfone groups is 1. The molecule has 29 heavy (non-hydrogen) atoms. The van der Waals surface area contributed by atoms with Gasteiger partial charge >= 0.3 is 0 Å².